The number of carboxylic acid groups (broad SMARTS) is 1. The van der Waals surface area contributed by atoms with Gasteiger partial charge in [-0.3, -0.25) is 0 Å². The first-order valence-corrected chi connectivity index (χ1v) is 18.3. The fourth-order valence-electron chi connectivity index (χ4n) is 2.11. The summed E-state index contributed by atoms with van der Waals surface area (Å²) in [6, 6.07) is 0. The molecule has 8 heteroatoms. The van der Waals surface area contributed by atoms with Crippen LogP contribution in [0.1, 0.15) is 73.1 Å². The molecule has 0 atom stereocenters. The van der Waals surface area contributed by atoms with Gasteiger partial charge >= 0.3 is 104 Å². The first-order chi connectivity index (χ1) is 16.5. The molecule has 0 aromatic heterocycles. The Labute approximate surface area is 221 Å². The SMILES string of the molecule is C=C(C)C(=O)OC.C=C(C)C(=O)[O-].C=CC(=O)OCCOC.CCC[CH2][Sn+]([CH2]CCC)[CH2]CCC. The molecule has 35 heavy (non-hydrogen) atoms. The molecule has 0 rings (SSSR count). The van der Waals surface area contributed by atoms with Gasteiger partial charge in [0.15, 0.2) is 0 Å². The number of carbonyl (C=O) groups is 3. The Balaban J connectivity index is -0.000000192. The van der Waals surface area contributed by atoms with Crippen molar-refractivity contribution in [3.05, 3.63) is 37.0 Å². The molecule has 0 heterocycles. The Morgan fingerprint density at radius 2 is 1.23 bits per heavy atom. The van der Waals surface area contributed by atoms with E-state index in [4.69, 9.17) is 0 Å². The van der Waals surface area contributed by atoms with Crippen molar-refractivity contribution in [3.8, 4) is 0 Å². The number of hydrogen-bond donors (Lipinski definition) is 0. The van der Waals surface area contributed by atoms with Crippen LogP contribution in [0.15, 0.2) is 37.0 Å². The molecular weight excluding hydrogens is 555 g/mol. The van der Waals surface area contributed by atoms with Gasteiger partial charge in [-0.2, -0.15) is 0 Å². The number of esters is 2. The predicted molar refractivity (Wildman–Crippen MR) is 145 cm³/mol. The number of methoxy groups -OCH3 is 2. The van der Waals surface area contributed by atoms with Crippen molar-refractivity contribution in [1.29, 1.82) is 0 Å². The van der Waals surface area contributed by atoms with E-state index in [1.165, 1.54) is 52.6 Å². The van der Waals surface area contributed by atoms with E-state index in [0.717, 1.165) is 6.08 Å². The first-order valence-electron chi connectivity index (χ1n) is 12.2. The van der Waals surface area contributed by atoms with E-state index in [1.807, 2.05) is 0 Å². The van der Waals surface area contributed by atoms with Crippen LogP contribution in [0.3, 0.4) is 0 Å². The molecule has 0 aromatic rings. The third-order valence-corrected chi connectivity index (χ3v) is 13.3. The average Bonchev–Trinajstić information content (AvgIpc) is 2.84. The van der Waals surface area contributed by atoms with E-state index in [-0.39, 0.29) is 11.5 Å². The summed E-state index contributed by atoms with van der Waals surface area (Å²) in [6.07, 6.45) is 9.97. The second kappa shape index (κ2) is 32.4. The number of rotatable bonds is 15. The molecule has 0 unspecified atom stereocenters. The molecule has 0 N–H and O–H groups in total. The second-order valence-electron chi connectivity index (χ2n) is 7.76. The van der Waals surface area contributed by atoms with Crippen LogP contribution in [-0.4, -0.2) is 65.1 Å². The average molecular weight is 605 g/mol. The van der Waals surface area contributed by atoms with Gasteiger partial charge in [-0.25, -0.2) is 9.59 Å². The molecule has 0 saturated heterocycles. The molecule has 0 bridgehead atoms. The molecule has 0 spiro atoms. The van der Waals surface area contributed by atoms with E-state index in [1.54, 1.807) is 27.3 Å². The van der Waals surface area contributed by atoms with Gasteiger partial charge in [0.1, 0.15) is 6.61 Å². The van der Waals surface area contributed by atoms with Crippen molar-refractivity contribution in [2.45, 2.75) is 86.5 Å². The topological polar surface area (TPSA) is 102 Å². The van der Waals surface area contributed by atoms with E-state index in [9.17, 15) is 19.5 Å². The second-order valence-corrected chi connectivity index (χ2v) is 16.3. The zero-order chi connectivity index (χ0) is 28.1. The summed E-state index contributed by atoms with van der Waals surface area (Å²) < 4.78 is 18.5. The maximum atomic E-state index is 10.3. The van der Waals surface area contributed by atoms with E-state index in [0.29, 0.717) is 18.8 Å². The van der Waals surface area contributed by atoms with Crippen molar-refractivity contribution >= 4 is 37.7 Å². The standard InChI is InChI=1S/C6H10O3.C5H8O2.C4H6O2.3C4H9.Sn/c1-3-6(7)9-5-4-8-2;1-4(2)5(6)7-3;1-3(2)4(5)6;3*1-3-4-2;/h3H,1,4-5H2,2H3;1H2,2-3H3;1H2,2H3,(H,5,6);3*1,3-4H2,2H3;/q;;;;;;+1/p-1. The third-order valence-electron chi connectivity index (χ3n) is 4.23. The number of unbranched alkanes of at least 4 members (excludes halogenated alkanes) is 3. The van der Waals surface area contributed by atoms with Gasteiger partial charge in [0.05, 0.1) is 19.7 Å². The molecule has 0 aliphatic carbocycles. The summed E-state index contributed by atoms with van der Waals surface area (Å²) in [5, 5.41) is 9.49. The zero-order valence-corrected chi connectivity index (χ0v) is 26.2. The molecule has 0 aromatic carbocycles. The number of ether oxygens (including phenoxy) is 3. The predicted octanol–water partition coefficient (Wildman–Crippen LogP) is 5.29. The van der Waals surface area contributed by atoms with E-state index < -0.39 is 31.7 Å². The van der Waals surface area contributed by atoms with Crippen molar-refractivity contribution < 1.29 is 33.7 Å². The van der Waals surface area contributed by atoms with E-state index >= 15 is 0 Å². The van der Waals surface area contributed by atoms with Crippen LogP contribution in [0.5, 0.6) is 0 Å². The Kier molecular flexibility index (Phi) is 37.5. The number of aliphatic carboxylic acids is 1. The fraction of sp³-hybridized carbons (Fsp3) is 0.667. The summed E-state index contributed by atoms with van der Waals surface area (Å²) in [5.41, 5.74) is 0.498. The van der Waals surface area contributed by atoms with Crippen LogP contribution in [0.2, 0.25) is 13.3 Å². The maximum absolute atomic E-state index is 10.3. The molecule has 0 aliphatic rings. The Hall–Kier alpha value is -1.61. The Morgan fingerprint density at radius 3 is 1.43 bits per heavy atom. The summed E-state index contributed by atoms with van der Waals surface area (Å²) >= 11 is -0.839. The van der Waals surface area contributed by atoms with Crippen LogP contribution >= 0.6 is 0 Å². The number of carbonyl (C=O) groups excluding carboxylic acids is 3. The summed E-state index contributed by atoms with van der Waals surface area (Å²) in [7, 11) is 2.87. The minimum absolute atomic E-state index is 0.0648. The Morgan fingerprint density at radius 1 is 0.829 bits per heavy atom. The Bertz CT molecular complexity index is 543. The van der Waals surface area contributed by atoms with Crippen molar-refractivity contribution in [3.63, 3.8) is 0 Å². The fourth-order valence-corrected chi connectivity index (χ4v) is 11.6. The quantitative estimate of drug-likeness (QED) is 0.108. The molecule has 0 fully saturated rings. The van der Waals surface area contributed by atoms with Crippen molar-refractivity contribution in [2.24, 2.45) is 0 Å². The summed E-state index contributed by atoms with van der Waals surface area (Å²) in [6.45, 7) is 20.4. The van der Waals surface area contributed by atoms with Gasteiger partial charge in [-0.15, -0.1) is 0 Å². The van der Waals surface area contributed by atoms with Gasteiger partial charge in [-0.1, -0.05) is 19.7 Å². The molecule has 0 saturated carbocycles. The van der Waals surface area contributed by atoms with Gasteiger partial charge in [-0.05, 0) is 19.4 Å². The summed E-state index contributed by atoms with van der Waals surface area (Å²) in [4.78, 5) is 30.0. The van der Waals surface area contributed by atoms with Crippen LogP contribution in [0.25, 0.3) is 0 Å². The normalized spacial score (nSPS) is 8.89. The van der Waals surface area contributed by atoms with Gasteiger partial charge < -0.3 is 24.1 Å². The van der Waals surface area contributed by atoms with Crippen LogP contribution in [0, 0.1) is 0 Å². The van der Waals surface area contributed by atoms with Gasteiger partial charge in [0, 0.05) is 18.8 Å². The first kappa shape index (κ1) is 40.6. The molecule has 0 radical (unpaired) electrons. The molecule has 0 amide bonds. The van der Waals surface area contributed by atoms with Crippen LogP contribution in [0.4, 0.5) is 0 Å². The minimum atomic E-state index is -1.19. The van der Waals surface area contributed by atoms with Gasteiger partial charge in [0.25, 0.3) is 0 Å². The molecule has 0 aliphatic heterocycles. The van der Waals surface area contributed by atoms with E-state index in [2.05, 4.69) is 54.7 Å². The monoisotopic (exact) mass is 606 g/mol. The van der Waals surface area contributed by atoms with Crippen LogP contribution < -0.4 is 5.11 Å². The zero-order valence-electron chi connectivity index (χ0n) is 23.3. The molecule has 204 valence electrons. The van der Waals surface area contributed by atoms with Gasteiger partial charge in [0.2, 0.25) is 0 Å². The molecule has 7 nitrogen and oxygen atoms in total. The summed E-state index contributed by atoms with van der Waals surface area (Å²) in [5.74, 6) is -1.94. The van der Waals surface area contributed by atoms with Crippen LogP contribution in [-0.2, 0) is 28.6 Å². The van der Waals surface area contributed by atoms with Crippen molar-refractivity contribution in [1.82, 2.24) is 0 Å². The third kappa shape index (κ3) is 39.9. The number of hydrogen-bond acceptors (Lipinski definition) is 7. The number of carboxylic acids is 1. The van der Waals surface area contributed by atoms with Crippen molar-refractivity contribution in [2.75, 3.05) is 27.4 Å². The molecular formula is C27H50O7Sn.